The Kier molecular flexibility index (Phi) is 8.62. The molecule has 0 unspecified atom stereocenters. The Hall–Kier alpha value is -5.70. The molecule has 4 aromatic carbocycles. The first-order chi connectivity index (χ1) is 20.8. The zero-order valence-electron chi connectivity index (χ0n) is 23.6. The molecule has 0 aromatic heterocycles. The van der Waals surface area contributed by atoms with Crippen LogP contribution in [0.5, 0.6) is 11.5 Å². The van der Waals surface area contributed by atoms with Crippen LogP contribution < -0.4 is 25.0 Å². The summed E-state index contributed by atoms with van der Waals surface area (Å²) in [5.41, 5.74) is 4.40. The maximum absolute atomic E-state index is 13.3. The molecule has 1 heterocycles. The van der Waals surface area contributed by atoms with Gasteiger partial charge < -0.3 is 14.8 Å². The predicted octanol–water partition coefficient (Wildman–Crippen LogP) is 5.57. The lowest BCUT2D eigenvalue weighted by Gasteiger charge is -2.26. The van der Waals surface area contributed by atoms with E-state index in [1.54, 1.807) is 48.5 Å². The topological polar surface area (TPSA) is 114 Å². The van der Waals surface area contributed by atoms with Gasteiger partial charge in [-0.25, -0.2) is 9.69 Å². The fraction of sp³-hybridized carbons (Fsp3) is 0.118. The van der Waals surface area contributed by atoms with Crippen LogP contribution in [0.4, 0.5) is 16.2 Å². The van der Waals surface area contributed by atoms with Crippen molar-refractivity contribution in [1.29, 1.82) is 0 Å². The molecule has 4 aromatic rings. The molecule has 9 nitrogen and oxygen atoms in total. The van der Waals surface area contributed by atoms with Crippen LogP contribution in [0.15, 0.2) is 103 Å². The van der Waals surface area contributed by atoms with Crippen molar-refractivity contribution in [2.75, 3.05) is 16.8 Å². The van der Waals surface area contributed by atoms with Crippen LogP contribution in [0.2, 0.25) is 0 Å². The molecule has 43 heavy (non-hydrogen) atoms. The normalized spacial score (nSPS) is 14.0. The maximum atomic E-state index is 13.3. The van der Waals surface area contributed by atoms with E-state index in [2.05, 4.69) is 10.6 Å². The minimum Gasteiger partial charge on any atom is -0.489 e. The van der Waals surface area contributed by atoms with Crippen molar-refractivity contribution in [3.05, 3.63) is 125 Å². The van der Waals surface area contributed by atoms with Gasteiger partial charge in [-0.1, -0.05) is 60.2 Å². The quantitative estimate of drug-likeness (QED) is 0.199. The van der Waals surface area contributed by atoms with E-state index in [1.807, 2.05) is 62.4 Å². The first-order valence-electron chi connectivity index (χ1n) is 13.5. The Labute approximate surface area is 248 Å². The molecule has 0 atom stereocenters. The zero-order valence-corrected chi connectivity index (χ0v) is 23.6. The van der Waals surface area contributed by atoms with Crippen molar-refractivity contribution in [2.45, 2.75) is 20.5 Å². The van der Waals surface area contributed by atoms with E-state index >= 15 is 0 Å². The summed E-state index contributed by atoms with van der Waals surface area (Å²) < 4.78 is 11.4. The summed E-state index contributed by atoms with van der Waals surface area (Å²) in [7, 11) is 0. The Balaban J connectivity index is 1.21. The minimum absolute atomic E-state index is 0.193. The van der Waals surface area contributed by atoms with Gasteiger partial charge >= 0.3 is 6.03 Å². The van der Waals surface area contributed by atoms with Crippen LogP contribution in [0.1, 0.15) is 22.3 Å². The van der Waals surface area contributed by atoms with Crippen LogP contribution in [-0.2, 0) is 21.0 Å². The predicted molar refractivity (Wildman–Crippen MR) is 163 cm³/mol. The van der Waals surface area contributed by atoms with E-state index in [-0.39, 0.29) is 23.8 Å². The van der Waals surface area contributed by atoms with Gasteiger partial charge in [-0.3, -0.25) is 19.7 Å². The molecule has 1 saturated heterocycles. The summed E-state index contributed by atoms with van der Waals surface area (Å²) in [6, 6.07) is 27.6. The number of carbonyl (C=O) groups excluding carboxylic acids is 4. The second-order valence-corrected chi connectivity index (χ2v) is 9.95. The summed E-state index contributed by atoms with van der Waals surface area (Å²) in [4.78, 5) is 51.7. The molecule has 0 aliphatic carbocycles. The van der Waals surface area contributed by atoms with Crippen LogP contribution in [0.25, 0.3) is 6.08 Å². The van der Waals surface area contributed by atoms with Crippen molar-refractivity contribution in [3.63, 3.8) is 0 Å². The third kappa shape index (κ3) is 7.15. The molecule has 1 aliphatic rings. The molecule has 5 amide bonds. The van der Waals surface area contributed by atoms with Crippen LogP contribution in [0.3, 0.4) is 0 Å². The monoisotopic (exact) mass is 575 g/mol. The van der Waals surface area contributed by atoms with Crippen molar-refractivity contribution in [3.8, 4) is 11.5 Å². The lowest BCUT2D eigenvalue weighted by atomic mass is 10.1. The van der Waals surface area contributed by atoms with Gasteiger partial charge in [0.15, 0.2) is 6.61 Å². The number of rotatable bonds is 9. The molecule has 0 radical (unpaired) electrons. The summed E-state index contributed by atoms with van der Waals surface area (Å²) in [6.45, 7) is 4.08. The van der Waals surface area contributed by atoms with Crippen LogP contribution in [0, 0.1) is 13.8 Å². The van der Waals surface area contributed by atoms with Gasteiger partial charge in [0.1, 0.15) is 23.7 Å². The average Bonchev–Trinajstić information content (AvgIpc) is 3.00. The molecular formula is C34H29N3O6. The highest BCUT2D eigenvalue weighted by atomic mass is 16.5. The molecule has 0 spiro atoms. The number of nitrogens with zero attached hydrogens (tertiary/aromatic N) is 1. The third-order valence-electron chi connectivity index (χ3n) is 6.66. The highest BCUT2D eigenvalue weighted by molar-refractivity contribution is 6.39. The number of anilines is 2. The number of aryl methyl sites for hydroxylation is 2. The number of amides is 5. The number of nitrogens with one attached hydrogen (secondary N) is 2. The van der Waals surface area contributed by atoms with Crippen molar-refractivity contribution in [1.82, 2.24) is 5.32 Å². The molecule has 1 fully saturated rings. The van der Waals surface area contributed by atoms with Gasteiger partial charge in [0.2, 0.25) is 0 Å². The summed E-state index contributed by atoms with van der Waals surface area (Å²) in [5.74, 6) is -0.853. The first kappa shape index (κ1) is 28.8. The second-order valence-electron chi connectivity index (χ2n) is 9.95. The number of imide groups is 2. The van der Waals surface area contributed by atoms with Gasteiger partial charge in [-0.05, 0) is 79.1 Å². The van der Waals surface area contributed by atoms with Crippen LogP contribution in [-0.4, -0.2) is 30.4 Å². The highest BCUT2D eigenvalue weighted by Crippen LogP contribution is 2.25. The third-order valence-corrected chi connectivity index (χ3v) is 6.66. The van der Waals surface area contributed by atoms with Crippen molar-refractivity contribution >= 4 is 41.2 Å². The lowest BCUT2D eigenvalue weighted by Crippen LogP contribution is -2.54. The number of urea groups is 1. The van der Waals surface area contributed by atoms with Gasteiger partial charge in [0.05, 0.1) is 5.69 Å². The summed E-state index contributed by atoms with van der Waals surface area (Å²) >= 11 is 0. The van der Waals surface area contributed by atoms with Gasteiger partial charge in [-0.15, -0.1) is 0 Å². The van der Waals surface area contributed by atoms with E-state index in [4.69, 9.17) is 9.47 Å². The fourth-order valence-electron chi connectivity index (χ4n) is 4.44. The first-order valence-corrected chi connectivity index (χ1v) is 13.5. The highest BCUT2D eigenvalue weighted by Gasteiger charge is 2.36. The number of carbonyl (C=O) groups is 4. The van der Waals surface area contributed by atoms with E-state index in [0.717, 1.165) is 27.3 Å². The maximum Gasteiger partial charge on any atom is 0.335 e. The Morgan fingerprint density at radius 3 is 2.21 bits per heavy atom. The van der Waals surface area contributed by atoms with Crippen LogP contribution >= 0.6 is 0 Å². The zero-order chi connectivity index (χ0) is 30.3. The van der Waals surface area contributed by atoms with E-state index in [1.165, 1.54) is 6.08 Å². The minimum atomic E-state index is -0.840. The number of barbiturate groups is 1. The molecule has 5 rings (SSSR count). The molecule has 0 bridgehead atoms. The molecule has 0 saturated carbocycles. The molecular weight excluding hydrogens is 546 g/mol. The Bertz CT molecular complexity index is 1700. The Morgan fingerprint density at radius 2 is 1.51 bits per heavy atom. The largest absolute Gasteiger partial charge is 0.489 e. The second kappa shape index (κ2) is 12.9. The number of hydrogen-bond donors (Lipinski definition) is 2. The van der Waals surface area contributed by atoms with E-state index in [0.29, 0.717) is 23.7 Å². The number of ether oxygens (including phenoxy) is 2. The fourth-order valence-corrected chi connectivity index (χ4v) is 4.44. The SMILES string of the molecule is Cc1ccc(NC(=O)COc2ccc(/C=C3/C(=O)NC(=O)N(c4ccc(OCc5ccccc5)cc4)C3=O)cc2)c(C)c1. The Morgan fingerprint density at radius 1 is 0.837 bits per heavy atom. The van der Waals surface area contributed by atoms with Crippen molar-refractivity contribution in [2.24, 2.45) is 0 Å². The van der Waals surface area contributed by atoms with Gasteiger partial charge in [0, 0.05) is 5.69 Å². The number of benzene rings is 4. The van der Waals surface area contributed by atoms with Gasteiger partial charge in [-0.2, -0.15) is 0 Å². The molecule has 216 valence electrons. The standard InChI is InChI=1S/C34H29N3O6/c1-22-8-17-30(23(2)18-22)35-31(38)21-43-27-13-9-24(10-14-27)19-29-32(39)36-34(41)37(33(29)40)26-11-15-28(16-12-26)42-20-25-6-4-3-5-7-25/h3-19H,20-21H2,1-2H3,(H,35,38)(H,36,39,41)/b29-19-. The molecule has 1 aliphatic heterocycles. The summed E-state index contributed by atoms with van der Waals surface area (Å²) in [6.07, 6.45) is 1.39. The average molecular weight is 576 g/mol. The number of hydrogen-bond acceptors (Lipinski definition) is 6. The van der Waals surface area contributed by atoms with E-state index in [9.17, 15) is 19.2 Å². The smallest absolute Gasteiger partial charge is 0.335 e. The summed E-state index contributed by atoms with van der Waals surface area (Å²) in [5, 5.41) is 5.05. The van der Waals surface area contributed by atoms with Crippen molar-refractivity contribution < 1.29 is 28.7 Å². The molecule has 9 heteroatoms. The van der Waals surface area contributed by atoms with E-state index < -0.39 is 17.8 Å². The lowest BCUT2D eigenvalue weighted by molar-refractivity contribution is -0.122. The molecule has 2 N–H and O–H groups in total. The van der Waals surface area contributed by atoms with Gasteiger partial charge in [0.25, 0.3) is 17.7 Å².